The maximum Gasteiger partial charge on any atom is 0.176 e. The van der Waals surface area contributed by atoms with E-state index in [4.69, 9.17) is 10.1 Å². The average Bonchev–Trinajstić information content (AvgIpc) is 3.03. The van der Waals surface area contributed by atoms with Crippen molar-refractivity contribution in [2.24, 2.45) is 0 Å². The molecule has 1 atom stereocenters. The van der Waals surface area contributed by atoms with Crippen molar-refractivity contribution in [2.75, 3.05) is 6.61 Å². The van der Waals surface area contributed by atoms with Gasteiger partial charge in [0.1, 0.15) is 0 Å². The molecular formula is C9H13NO3. The first-order valence-electron chi connectivity index (χ1n) is 4.11. The Kier molecular flexibility index (Phi) is 4.42. The molecular weight excluding hydrogens is 170 g/mol. The van der Waals surface area contributed by atoms with Crippen LogP contribution in [-0.2, 0) is 9.73 Å². The molecule has 1 aliphatic rings. The smallest absolute Gasteiger partial charge is 0.176 e. The fourth-order valence-electron chi connectivity index (χ4n) is 0.798. The zero-order valence-corrected chi connectivity index (χ0v) is 7.43. The van der Waals surface area contributed by atoms with Crippen molar-refractivity contribution in [1.82, 2.24) is 5.48 Å². The summed E-state index contributed by atoms with van der Waals surface area (Å²) in [6, 6.07) is 10.1. The van der Waals surface area contributed by atoms with Crippen LogP contribution in [0, 0.1) is 0 Å². The van der Waals surface area contributed by atoms with Crippen molar-refractivity contribution in [3.63, 3.8) is 0 Å². The van der Waals surface area contributed by atoms with Gasteiger partial charge in [-0.15, -0.1) is 0 Å². The number of hydrogen-bond acceptors (Lipinski definition) is 4. The molecule has 0 bridgehead atoms. The summed E-state index contributed by atoms with van der Waals surface area (Å²) < 4.78 is 0. The fourth-order valence-corrected chi connectivity index (χ4v) is 0.798. The first kappa shape index (κ1) is 10.1. The minimum atomic E-state index is 0.159. The average molecular weight is 183 g/mol. The van der Waals surface area contributed by atoms with Crippen LogP contribution in [0.15, 0.2) is 30.3 Å². The maximum atomic E-state index is 7.38. The van der Waals surface area contributed by atoms with Crippen LogP contribution in [0.3, 0.4) is 0 Å². The Bertz CT molecular complexity index is 222. The lowest BCUT2D eigenvalue weighted by atomic mass is 10.2. The molecule has 1 unspecified atom stereocenters. The molecule has 2 rings (SSSR count). The highest BCUT2D eigenvalue weighted by molar-refractivity contribution is 5.18. The number of hydrogen-bond donors (Lipinski definition) is 2. The van der Waals surface area contributed by atoms with Crippen LogP contribution in [0.1, 0.15) is 18.7 Å². The van der Waals surface area contributed by atoms with Gasteiger partial charge in [0.2, 0.25) is 0 Å². The molecule has 72 valence electrons. The van der Waals surface area contributed by atoms with E-state index >= 15 is 0 Å². The Balaban J connectivity index is 0.000000184. The van der Waals surface area contributed by atoms with Crippen molar-refractivity contribution in [3.05, 3.63) is 35.9 Å². The van der Waals surface area contributed by atoms with Gasteiger partial charge in [-0.25, -0.2) is 4.89 Å². The number of rotatable bonds is 2. The zero-order valence-electron chi connectivity index (χ0n) is 7.43. The molecule has 0 saturated carbocycles. The van der Waals surface area contributed by atoms with Crippen molar-refractivity contribution in [1.29, 1.82) is 0 Å². The number of benzene rings is 1. The van der Waals surface area contributed by atoms with Crippen LogP contribution in [-0.4, -0.2) is 11.9 Å². The van der Waals surface area contributed by atoms with Gasteiger partial charge in [-0.1, -0.05) is 30.3 Å². The molecule has 0 aliphatic carbocycles. The van der Waals surface area contributed by atoms with Crippen molar-refractivity contribution < 1.29 is 15.0 Å². The number of nitrogens with one attached hydrogen (secondary N) is 1. The van der Waals surface area contributed by atoms with Gasteiger partial charge >= 0.3 is 0 Å². The van der Waals surface area contributed by atoms with E-state index in [1.165, 1.54) is 5.56 Å². The lowest BCUT2D eigenvalue weighted by molar-refractivity contribution is -0.237. The highest BCUT2D eigenvalue weighted by Gasteiger charge is 2.23. The summed E-state index contributed by atoms with van der Waals surface area (Å²) in [5.41, 5.74) is 3.94. The lowest BCUT2D eigenvalue weighted by Crippen LogP contribution is -1.80. The van der Waals surface area contributed by atoms with E-state index in [9.17, 15) is 0 Å². The van der Waals surface area contributed by atoms with Crippen LogP contribution < -0.4 is 5.48 Å². The summed E-state index contributed by atoms with van der Waals surface area (Å²) in [5.74, 6) is 0. The predicted octanol–water partition coefficient (Wildman–Crippen LogP) is 1.72. The van der Waals surface area contributed by atoms with E-state index in [0.717, 1.165) is 0 Å². The van der Waals surface area contributed by atoms with Crippen LogP contribution in [0.5, 0.6) is 0 Å². The molecule has 1 saturated heterocycles. The molecule has 1 aliphatic heterocycles. The highest BCUT2D eigenvalue weighted by Crippen LogP contribution is 2.21. The maximum absolute atomic E-state index is 7.38. The summed E-state index contributed by atoms with van der Waals surface area (Å²) >= 11 is 0. The summed E-state index contributed by atoms with van der Waals surface area (Å²) in [4.78, 5) is 8.39. The van der Waals surface area contributed by atoms with E-state index < -0.39 is 0 Å². The van der Waals surface area contributed by atoms with Crippen LogP contribution >= 0.6 is 0 Å². The standard InChI is InChI=1S/C7H7NO.C2H6O2/c1-2-4-6(5-3-1)7-8-9-7;1-2-4-3/h1-5,7-8H;3H,2H2,1H3. The Morgan fingerprint density at radius 1 is 1.46 bits per heavy atom. The highest BCUT2D eigenvalue weighted by atomic mass is 17.1. The summed E-state index contributed by atoms with van der Waals surface area (Å²) in [6.07, 6.45) is 0.159. The molecule has 0 radical (unpaired) electrons. The van der Waals surface area contributed by atoms with E-state index in [2.05, 4.69) is 10.4 Å². The molecule has 0 spiro atoms. The van der Waals surface area contributed by atoms with Crippen molar-refractivity contribution in [3.8, 4) is 0 Å². The van der Waals surface area contributed by atoms with Crippen molar-refractivity contribution >= 4 is 0 Å². The Hall–Kier alpha value is -0.940. The molecule has 0 aromatic heterocycles. The molecule has 2 N–H and O–H groups in total. The van der Waals surface area contributed by atoms with Gasteiger partial charge in [-0.05, 0) is 12.5 Å². The third-order valence-corrected chi connectivity index (χ3v) is 1.47. The third kappa shape index (κ3) is 4.00. The Labute approximate surface area is 77.0 Å². The second-order valence-electron chi connectivity index (χ2n) is 2.44. The van der Waals surface area contributed by atoms with Gasteiger partial charge in [-0.3, -0.25) is 10.1 Å². The molecule has 1 aromatic carbocycles. The van der Waals surface area contributed by atoms with Crippen LogP contribution in [0.2, 0.25) is 0 Å². The largest absolute Gasteiger partial charge is 0.273 e. The second-order valence-corrected chi connectivity index (χ2v) is 2.44. The second kappa shape index (κ2) is 5.66. The van der Waals surface area contributed by atoms with E-state index in [1.54, 1.807) is 6.92 Å². The first-order chi connectivity index (χ1) is 6.38. The molecule has 0 amide bonds. The molecule has 1 fully saturated rings. The van der Waals surface area contributed by atoms with Crippen LogP contribution in [0.4, 0.5) is 0 Å². The van der Waals surface area contributed by atoms with Gasteiger partial charge < -0.3 is 0 Å². The summed E-state index contributed by atoms with van der Waals surface area (Å²) in [6.45, 7) is 2.08. The molecule has 4 nitrogen and oxygen atoms in total. The molecule has 1 heterocycles. The van der Waals surface area contributed by atoms with Gasteiger partial charge in [0.15, 0.2) is 6.23 Å². The Morgan fingerprint density at radius 2 is 2.00 bits per heavy atom. The van der Waals surface area contributed by atoms with E-state index in [1.807, 2.05) is 30.3 Å². The summed E-state index contributed by atoms with van der Waals surface area (Å²) in [7, 11) is 0. The van der Waals surface area contributed by atoms with Crippen LogP contribution in [0.25, 0.3) is 0 Å². The quantitative estimate of drug-likeness (QED) is 0.416. The van der Waals surface area contributed by atoms with Gasteiger partial charge in [0.05, 0.1) is 6.61 Å². The van der Waals surface area contributed by atoms with Gasteiger partial charge in [-0.2, -0.15) is 5.48 Å². The van der Waals surface area contributed by atoms with E-state index in [-0.39, 0.29) is 6.23 Å². The zero-order chi connectivity index (χ0) is 9.52. The third-order valence-electron chi connectivity index (χ3n) is 1.47. The van der Waals surface area contributed by atoms with Gasteiger partial charge in [0.25, 0.3) is 0 Å². The van der Waals surface area contributed by atoms with E-state index in [0.29, 0.717) is 6.61 Å². The van der Waals surface area contributed by atoms with Crippen molar-refractivity contribution in [2.45, 2.75) is 13.2 Å². The fraction of sp³-hybridized carbons (Fsp3) is 0.333. The lowest BCUT2D eigenvalue weighted by Gasteiger charge is -1.88. The monoisotopic (exact) mass is 183 g/mol. The SMILES string of the molecule is CCOO.c1ccc(C2NO2)cc1. The minimum Gasteiger partial charge on any atom is -0.273 e. The normalized spacial score (nSPS) is 18.8. The first-order valence-corrected chi connectivity index (χ1v) is 4.11. The number of hydroxylamine groups is 1. The molecule has 4 heteroatoms. The molecule has 1 aromatic rings. The molecule has 13 heavy (non-hydrogen) atoms. The van der Waals surface area contributed by atoms with Gasteiger partial charge in [0, 0.05) is 0 Å². The Morgan fingerprint density at radius 3 is 2.38 bits per heavy atom. The topological polar surface area (TPSA) is 63.9 Å². The summed E-state index contributed by atoms with van der Waals surface area (Å²) in [5, 5.41) is 7.38. The minimum absolute atomic E-state index is 0.159. The predicted molar refractivity (Wildman–Crippen MR) is 47.7 cm³/mol.